The normalized spacial score (nSPS) is 11.3. The Morgan fingerprint density at radius 3 is 2.78 bits per heavy atom. The number of benzene rings is 2. The molecule has 0 unspecified atom stereocenters. The van der Waals surface area contributed by atoms with Gasteiger partial charge in [-0.15, -0.1) is 0 Å². The Morgan fingerprint density at radius 2 is 1.91 bits per heavy atom. The lowest BCUT2D eigenvalue weighted by Gasteiger charge is -2.02. The molecule has 0 spiro atoms. The van der Waals surface area contributed by atoms with Gasteiger partial charge in [0.15, 0.2) is 5.58 Å². The summed E-state index contributed by atoms with van der Waals surface area (Å²) >= 11 is 3.40. The molecule has 4 rings (SSSR count). The molecule has 4 aromatic rings. The molecule has 0 aliphatic heterocycles. The fourth-order valence-corrected chi connectivity index (χ4v) is 3.20. The van der Waals surface area contributed by atoms with Gasteiger partial charge in [0.2, 0.25) is 0 Å². The van der Waals surface area contributed by atoms with Crippen LogP contribution in [0.3, 0.4) is 0 Å². The maximum absolute atomic E-state index is 12.4. The topological polar surface area (TPSA) is 48.0 Å². The summed E-state index contributed by atoms with van der Waals surface area (Å²) in [6, 6.07) is 17.5. The Bertz CT molecular complexity index is 1070. The predicted molar refractivity (Wildman–Crippen MR) is 93.6 cm³/mol. The van der Waals surface area contributed by atoms with Crippen molar-refractivity contribution < 1.29 is 4.52 Å². The van der Waals surface area contributed by atoms with Crippen molar-refractivity contribution in [3.05, 3.63) is 75.1 Å². The molecule has 0 fully saturated rings. The van der Waals surface area contributed by atoms with Crippen LogP contribution in [0.15, 0.2) is 68.4 Å². The fraction of sp³-hybridized carbons (Fsp3) is 0.111. The highest BCUT2D eigenvalue weighted by Crippen LogP contribution is 2.21. The van der Waals surface area contributed by atoms with Gasteiger partial charge in [0.1, 0.15) is 5.39 Å². The van der Waals surface area contributed by atoms with Crippen LogP contribution in [0.2, 0.25) is 0 Å². The molecule has 2 aromatic heterocycles. The zero-order valence-electron chi connectivity index (χ0n) is 12.2. The smallest absolute Gasteiger partial charge is 0.291 e. The van der Waals surface area contributed by atoms with Crippen LogP contribution < -0.4 is 5.56 Å². The lowest BCUT2D eigenvalue weighted by molar-refractivity contribution is 0.282. The molecule has 0 atom stereocenters. The van der Waals surface area contributed by atoms with E-state index in [2.05, 4.69) is 27.0 Å². The van der Waals surface area contributed by atoms with E-state index in [0.717, 1.165) is 21.1 Å². The molecular formula is C18H13BrN2O2. The van der Waals surface area contributed by atoms with Crippen LogP contribution in [-0.2, 0) is 13.0 Å². The first-order valence-corrected chi connectivity index (χ1v) is 8.15. The summed E-state index contributed by atoms with van der Waals surface area (Å²) in [7, 11) is 0. The second-order valence-corrected chi connectivity index (χ2v) is 6.21. The zero-order chi connectivity index (χ0) is 15.8. The van der Waals surface area contributed by atoms with Crippen molar-refractivity contribution >= 4 is 37.8 Å². The molecule has 0 saturated carbocycles. The minimum atomic E-state index is -0.117. The van der Waals surface area contributed by atoms with Gasteiger partial charge in [-0.1, -0.05) is 30.3 Å². The number of aryl methyl sites for hydroxylation is 2. The number of pyridine rings is 1. The summed E-state index contributed by atoms with van der Waals surface area (Å²) in [5.41, 5.74) is 2.38. The SMILES string of the molecule is O=c1c2c(Br)cccc2on1CCc1ccc2ccccc2n1. The average Bonchev–Trinajstić information content (AvgIpc) is 2.90. The van der Waals surface area contributed by atoms with Crippen LogP contribution in [0.4, 0.5) is 0 Å². The minimum absolute atomic E-state index is 0.117. The van der Waals surface area contributed by atoms with Gasteiger partial charge in [0, 0.05) is 22.0 Å². The summed E-state index contributed by atoms with van der Waals surface area (Å²) in [5.74, 6) is 0. The third-order valence-electron chi connectivity index (χ3n) is 3.85. The van der Waals surface area contributed by atoms with Crippen molar-refractivity contribution in [1.82, 2.24) is 9.72 Å². The molecule has 0 saturated heterocycles. The van der Waals surface area contributed by atoms with Crippen LogP contribution in [-0.4, -0.2) is 9.72 Å². The van der Waals surface area contributed by atoms with Crippen molar-refractivity contribution in [3.63, 3.8) is 0 Å². The zero-order valence-corrected chi connectivity index (χ0v) is 13.8. The van der Waals surface area contributed by atoms with Gasteiger partial charge in [-0.25, -0.2) is 0 Å². The summed E-state index contributed by atoms with van der Waals surface area (Å²) < 4.78 is 7.79. The van der Waals surface area contributed by atoms with Crippen molar-refractivity contribution in [3.8, 4) is 0 Å². The highest BCUT2D eigenvalue weighted by atomic mass is 79.9. The first-order chi connectivity index (χ1) is 11.2. The van der Waals surface area contributed by atoms with Gasteiger partial charge in [0.05, 0.1) is 12.1 Å². The Labute approximate surface area is 140 Å². The van der Waals surface area contributed by atoms with Crippen molar-refractivity contribution in [2.24, 2.45) is 0 Å². The number of hydrogen-bond donors (Lipinski definition) is 0. The maximum atomic E-state index is 12.4. The third kappa shape index (κ3) is 2.57. The van der Waals surface area contributed by atoms with Crippen LogP contribution in [0, 0.1) is 0 Å². The molecule has 2 heterocycles. The molecule has 0 N–H and O–H groups in total. The maximum Gasteiger partial charge on any atom is 0.291 e. The standard InChI is InChI=1S/C18H13BrN2O2/c19-14-5-3-7-16-17(14)18(22)21(23-16)11-10-13-9-8-12-4-1-2-6-15(12)20-13/h1-9H,10-11H2. The Kier molecular flexibility index (Phi) is 3.50. The lowest BCUT2D eigenvalue weighted by atomic mass is 10.2. The van der Waals surface area contributed by atoms with E-state index < -0.39 is 0 Å². The largest absolute Gasteiger partial charge is 0.376 e. The van der Waals surface area contributed by atoms with Gasteiger partial charge in [-0.2, -0.15) is 4.74 Å². The second-order valence-electron chi connectivity index (χ2n) is 5.36. The van der Waals surface area contributed by atoms with Gasteiger partial charge in [0.25, 0.3) is 5.56 Å². The van der Waals surface area contributed by atoms with Crippen molar-refractivity contribution in [2.45, 2.75) is 13.0 Å². The van der Waals surface area contributed by atoms with E-state index in [-0.39, 0.29) is 5.56 Å². The number of halogens is 1. The van der Waals surface area contributed by atoms with Crippen molar-refractivity contribution in [2.75, 3.05) is 0 Å². The summed E-state index contributed by atoms with van der Waals surface area (Å²) in [6.45, 7) is 0.464. The van der Waals surface area contributed by atoms with Crippen LogP contribution in [0.5, 0.6) is 0 Å². The number of aromatic nitrogens is 2. The Hall–Kier alpha value is -2.40. The van der Waals surface area contributed by atoms with E-state index in [1.165, 1.54) is 4.74 Å². The van der Waals surface area contributed by atoms with Crippen molar-refractivity contribution in [1.29, 1.82) is 0 Å². The molecule has 0 bridgehead atoms. The molecule has 0 aliphatic rings. The van der Waals surface area contributed by atoms with E-state index in [1.54, 1.807) is 6.07 Å². The highest BCUT2D eigenvalue weighted by molar-refractivity contribution is 9.10. The van der Waals surface area contributed by atoms with Gasteiger partial charge < -0.3 is 4.52 Å². The molecule has 5 heteroatoms. The van der Waals surface area contributed by atoms with Gasteiger partial charge >= 0.3 is 0 Å². The number of fused-ring (bicyclic) bond motifs is 2. The van der Waals surface area contributed by atoms with Gasteiger partial charge in [-0.3, -0.25) is 9.78 Å². The number of hydrogen-bond acceptors (Lipinski definition) is 3. The predicted octanol–water partition coefficient (Wildman–Crippen LogP) is 4.15. The summed E-state index contributed by atoms with van der Waals surface area (Å²) in [4.78, 5) is 17.0. The Balaban J connectivity index is 1.64. The van der Waals surface area contributed by atoms with E-state index in [0.29, 0.717) is 23.9 Å². The average molecular weight is 369 g/mol. The van der Waals surface area contributed by atoms with Crippen LogP contribution in [0.1, 0.15) is 5.69 Å². The fourth-order valence-electron chi connectivity index (χ4n) is 2.68. The first kappa shape index (κ1) is 14.2. The van der Waals surface area contributed by atoms with E-state index in [1.807, 2.05) is 42.5 Å². The van der Waals surface area contributed by atoms with Gasteiger partial charge in [-0.05, 0) is 40.2 Å². The van der Waals surface area contributed by atoms with Crippen LogP contribution >= 0.6 is 15.9 Å². The number of rotatable bonds is 3. The lowest BCUT2D eigenvalue weighted by Crippen LogP contribution is -2.16. The number of nitrogens with zero attached hydrogens (tertiary/aromatic N) is 2. The molecule has 4 nitrogen and oxygen atoms in total. The third-order valence-corrected chi connectivity index (χ3v) is 4.51. The van der Waals surface area contributed by atoms with E-state index >= 15 is 0 Å². The van der Waals surface area contributed by atoms with E-state index in [9.17, 15) is 4.79 Å². The second kappa shape index (κ2) is 5.66. The molecular weight excluding hydrogens is 356 g/mol. The highest BCUT2D eigenvalue weighted by Gasteiger charge is 2.12. The number of para-hydroxylation sites is 1. The molecule has 0 aliphatic carbocycles. The molecule has 0 radical (unpaired) electrons. The molecule has 23 heavy (non-hydrogen) atoms. The van der Waals surface area contributed by atoms with E-state index in [4.69, 9.17) is 4.52 Å². The van der Waals surface area contributed by atoms with Crippen LogP contribution in [0.25, 0.3) is 21.9 Å². The monoisotopic (exact) mass is 368 g/mol. The molecule has 2 aromatic carbocycles. The minimum Gasteiger partial charge on any atom is -0.376 e. The summed E-state index contributed by atoms with van der Waals surface area (Å²) in [5, 5.41) is 1.69. The Morgan fingerprint density at radius 1 is 1.04 bits per heavy atom. The summed E-state index contributed by atoms with van der Waals surface area (Å²) in [6.07, 6.45) is 0.641. The first-order valence-electron chi connectivity index (χ1n) is 7.35. The quantitative estimate of drug-likeness (QED) is 0.545. The molecule has 114 valence electrons. The molecule has 0 amide bonds.